The Bertz CT molecular complexity index is 1550. The fourth-order valence-electron chi connectivity index (χ4n) is 4.45. The molecule has 5 rings (SSSR count). The van der Waals surface area contributed by atoms with Crippen LogP contribution >= 0.6 is 0 Å². The van der Waals surface area contributed by atoms with E-state index in [1.165, 1.54) is 17.0 Å². The largest absolute Gasteiger partial charge is 0.446 e. The van der Waals surface area contributed by atoms with Crippen molar-refractivity contribution in [2.24, 2.45) is 0 Å². The van der Waals surface area contributed by atoms with Crippen LogP contribution in [0, 0.1) is 0 Å². The van der Waals surface area contributed by atoms with Gasteiger partial charge in [0.2, 0.25) is 17.7 Å². The SMILES string of the molecule is C[C@@H]1NC(=O)[C@@H](NC(=O)c2ccc3nnnn3c2)CCCCNC(=O)[C@H](Cc2ccccc2)NC(=O)c2coc1n2. The predicted octanol–water partition coefficient (Wildman–Crippen LogP) is 0.729. The fourth-order valence-corrected chi connectivity index (χ4v) is 4.45. The lowest BCUT2D eigenvalue weighted by atomic mass is 10.0. The molecule has 4 heterocycles. The number of hydrogen-bond acceptors (Lipinski definition) is 9. The monoisotopic (exact) mass is 559 g/mol. The molecule has 0 aliphatic carbocycles. The zero-order valence-electron chi connectivity index (χ0n) is 22.2. The van der Waals surface area contributed by atoms with E-state index in [1.54, 1.807) is 19.1 Å². The van der Waals surface area contributed by atoms with Crippen molar-refractivity contribution in [3.63, 3.8) is 0 Å². The first-order chi connectivity index (χ1) is 19.9. The topological polar surface area (TPSA) is 186 Å². The summed E-state index contributed by atoms with van der Waals surface area (Å²) in [6, 6.07) is 10.1. The van der Waals surface area contributed by atoms with Gasteiger partial charge in [0.15, 0.2) is 11.3 Å². The minimum atomic E-state index is -0.887. The second-order valence-corrected chi connectivity index (χ2v) is 9.73. The van der Waals surface area contributed by atoms with Gasteiger partial charge in [0.1, 0.15) is 24.4 Å². The van der Waals surface area contributed by atoms with Crippen LogP contribution in [0.3, 0.4) is 0 Å². The molecule has 14 heteroatoms. The highest BCUT2D eigenvalue weighted by atomic mass is 16.3. The molecule has 2 bridgehead atoms. The first-order valence-electron chi connectivity index (χ1n) is 13.2. The molecule has 1 aliphatic rings. The van der Waals surface area contributed by atoms with E-state index in [-0.39, 0.29) is 23.1 Å². The molecule has 1 aromatic carbocycles. The van der Waals surface area contributed by atoms with Gasteiger partial charge in [-0.3, -0.25) is 19.2 Å². The maximum atomic E-state index is 13.2. The zero-order chi connectivity index (χ0) is 28.8. The zero-order valence-corrected chi connectivity index (χ0v) is 22.2. The molecule has 3 atom stereocenters. The number of aromatic nitrogens is 5. The molecule has 0 saturated heterocycles. The van der Waals surface area contributed by atoms with Crippen LogP contribution in [0.2, 0.25) is 0 Å². The van der Waals surface area contributed by atoms with Crippen LogP contribution in [-0.4, -0.2) is 67.3 Å². The van der Waals surface area contributed by atoms with Crippen LogP contribution in [0.25, 0.3) is 5.65 Å². The molecule has 3 aromatic heterocycles. The normalized spacial score (nSPS) is 20.6. The summed E-state index contributed by atoms with van der Waals surface area (Å²) >= 11 is 0. The fraction of sp³-hybridized carbons (Fsp3) is 0.333. The Morgan fingerprint density at radius 3 is 2.73 bits per heavy atom. The van der Waals surface area contributed by atoms with Crippen LogP contribution in [0.15, 0.2) is 59.3 Å². The van der Waals surface area contributed by atoms with Gasteiger partial charge in [0, 0.05) is 19.2 Å². The summed E-state index contributed by atoms with van der Waals surface area (Å²) in [7, 11) is 0. The smallest absolute Gasteiger partial charge is 0.273 e. The number of hydrogen-bond donors (Lipinski definition) is 4. The van der Waals surface area contributed by atoms with Gasteiger partial charge < -0.3 is 25.7 Å². The number of carbonyl (C=O) groups is 4. The Labute approximate surface area is 234 Å². The van der Waals surface area contributed by atoms with Gasteiger partial charge in [-0.2, -0.15) is 4.52 Å². The van der Waals surface area contributed by atoms with Crippen LogP contribution in [0.1, 0.15) is 64.5 Å². The number of fused-ring (bicyclic) bond motifs is 3. The van der Waals surface area contributed by atoms with Crippen molar-refractivity contribution in [3.8, 4) is 0 Å². The van der Waals surface area contributed by atoms with E-state index < -0.39 is 35.8 Å². The summed E-state index contributed by atoms with van der Waals surface area (Å²) in [5.41, 5.74) is 1.61. The molecule has 4 N–H and O–H groups in total. The summed E-state index contributed by atoms with van der Waals surface area (Å²) in [4.78, 5) is 56.5. The third-order valence-electron chi connectivity index (χ3n) is 6.68. The molecular weight excluding hydrogens is 530 g/mol. The Hall–Kier alpha value is -5.14. The summed E-state index contributed by atoms with van der Waals surface area (Å²) in [5, 5.41) is 22.4. The lowest BCUT2D eigenvalue weighted by Gasteiger charge is -2.21. The Morgan fingerprint density at radius 1 is 1.07 bits per heavy atom. The first kappa shape index (κ1) is 27.4. The van der Waals surface area contributed by atoms with Crippen LogP contribution < -0.4 is 21.3 Å². The van der Waals surface area contributed by atoms with Gasteiger partial charge in [0.05, 0.1) is 5.56 Å². The van der Waals surface area contributed by atoms with Gasteiger partial charge in [-0.1, -0.05) is 30.3 Å². The average molecular weight is 560 g/mol. The number of rotatable bonds is 4. The predicted molar refractivity (Wildman–Crippen MR) is 143 cm³/mol. The number of oxazole rings is 1. The lowest BCUT2D eigenvalue weighted by molar-refractivity contribution is -0.124. The summed E-state index contributed by atoms with van der Waals surface area (Å²) in [6.07, 6.45) is 4.33. The second kappa shape index (κ2) is 12.4. The Morgan fingerprint density at radius 2 is 1.90 bits per heavy atom. The maximum absolute atomic E-state index is 13.2. The molecule has 14 nitrogen and oxygen atoms in total. The van der Waals surface area contributed by atoms with Crippen molar-refractivity contribution in [2.75, 3.05) is 6.54 Å². The third-order valence-corrected chi connectivity index (χ3v) is 6.68. The summed E-state index contributed by atoms with van der Waals surface area (Å²) < 4.78 is 6.84. The number of nitrogens with one attached hydrogen (secondary N) is 4. The highest BCUT2D eigenvalue weighted by Crippen LogP contribution is 2.15. The van der Waals surface area contributed by atoms with Crippen molar-refractivity contribution >= 4 is 29.3 Å². The van der Waals surface area contributed by atoms with Gasteiger partial charge in [-0.05, 0) is 54.3 Å². The molecular formula is C27H29N9O5. The lowest BCUT2D eigenvalue weighted by Crippen LogP contribution is -2.49. The number of nitrogens with zero attached hydrogens (tertiary/aromatic N) is 5. The highest BCUT2D eigenvalue weighted by molar-refractivity contribution is 5.98. The van der Waals surface area contributed by atoms with E-state index >= 15 is 0 Å². The van der Waals surface area contributed by atoms with Gasteiger partial charge in [0.25, 0.3) is 11.8 Å². The average Bonchev–Trinajstić information content (AvgIpc) is 3.66. The minimum Gasteiger partial charge on any atom is -0.446 e. The van der Waals surface area contributed by atoms with Crippen molar-refractivity contribution in [1.82, 2.24) is 46.3 Å². The molecule has 0 unspecified atom stereocenters. The van der Waals surface area contributed by atoms with Crippen LogP contribution in [0.4, 0.5) is 0 Å². The Balaban J connectivity index is 1.33. The van der Waals surface area contributed by atoms with E-state index in [2.05, 4.69) is 41.8 Å². The molecule has 0 radical (unpaired) electrons. The van der Waals surface area contributed by atoms with Crippen LogP contribution in [0.5, 0.6) is 0 Å². The van der Waals surface area contributed by atoms with E-state index in [9.17, 15) is 19.2 Å². The molecule has 4 amide bonds. The molecule has 0 saturated carbocycles. The number of carbonyl (C=O) groups excluding carboxylic acids is 4. The van der Waals surface area contributed by atoms with Crippen molar-refractivity contribution in [2.45, 2.75) is 50.7 Å². The van der Waals surface area contributed by atoms with Crippen molar-refractivity contribution in [3.05, 3.63) is 77.6 Å². The Kier molecular flexibility index (Phi) is 8.27. The van der Waals surface area contributed by atoms with Gasteiger partial charge in [-0.15, -0.1) is 5.10 Å². The van der Waals surface area contributed by atoms with E-state index in [1.807, 2.05) is 30.3 Å². The molecule has 41 heavy (non-hydrogen) atoms. The first-order valence-corrected chi connectivity index (χ1v) is 13.2. The van der Waals surface area contributed by atoms with Gasteiger partial charge in [-0.25, -0.2) is 4.98 Å². The van der Waals surface area contributed by atoms with Crippen LogP contribution in [-0.2, 0) is 16.0 Å². The molecule has 0 fully saturated rings. The number of tetrazole rings is 1. The molecule has 4 aromatic rings. The van der Waals surface area contributed by atoms with E-state index in [0.29, 0.717) is 37.9 Å². The number of benzene rings is 1. The number of pyridine rings is 1. The molecule has 1 aliphatic heterocycles. The molecule has 212 valence electrons. The van der Waals surface area contributed by atoms with E-state index in [0.717, 1.165) is 5.56 Å². The second-order valence-electron chi connectivity index (χ2n) is 9.73. The summed E-state index contributed by atoms with van der Waals surface area (Å²) in [5.74, 6) is -1.73. The quantitative estimate of drug-likeness (QED) is 0.280. The van der Waals surface area contributed by atoms with Gasteiger partial charge >= 0.3 is 0 Å². The van der Waals surface area contributed by atoms with Crippen molar-refractivity contribution < 1.29 is 23.6 Å². The van der Waals surface area contributed by atoms with E-state index in [4.69, 9.17) is 4.42 Å². The third kappa shape index (κ3) is 6.72. The number of amides is 4. The molecule has 0 spiro atoms. The standard InChI is InChI=1S/C27H29N9O5/c1-16-27-32-21(15-41-27)26(40)31-20(13-17-7-3-2-4-8-17)24(38)28-12-6-5-9-19(25(39)29-16)30-23(37)18-10-11-22-33-34-35-36(22)14-18/h2-4,7-8,10-11,14-16,19-20H,5-6,9,12-13H2,1H3,(H,28,38)(H,29,39)(H,30,37)(H,31,40)/t16-,19-,20-/m0/s1. The highest BCUT2D eigenvalue weighted by Gasteiger charge is 2.27. The summed E-state index contributed by atoms with van der Waals surface area (Å²) in [6.45, 7) is 1.98. The minimum absolute atomic E-state index is 0.0260. The maximum Gasteiger partial charge on any atom is 0.273 e. The van der Waals surface area contributed by atoms with Crippen molar-refractivity contribution in [1.29, 1.82) is 0 Å².